The summed E-state index contributed by atoms with van der Waals surface area (Å²) in [6, 6.07) is 4.43. The van der Waals surface area contributed by atoms with Gasteiger partial charge in [-0.15, -0.1) is 0 Å². The molecule has 0 atom stereocenters. The standard InChI is InChI=1S/C12H15BrFNO/c1-8(2)6-7-15-12(16)9-4-3-5-10(14)11(9)13/h3-5,8H,6-7H2,1-2H3,(H,15,16). The number of hydrogen-bond donors (Lipinski definition) is 1. The van der Waals surface area contributed by atoms with Crippen LogP contribution in [0.25, 0.3) is 0 Å². The maximum Gasteiger partial charge on any atom is 0.252 e. The van der Waals surface area contributed by atoms with Crippen molar-refractivity contribution < 1.29 is 9.18 Å². The van der Waals surface area contributed by atoms with E-state index in [1.54, 1.807) is 6.07 Å². The minimum absolute atomic E-state index is 0.219. The van der Waals surface area contributed by atoms with Crippen molar-refractivity contribution in [3.63, 3.8) is 0 Å². The number of carbonyl (C=O) groups is 1. The van der Waals surface area contributed by atoms with Crippen molar-refractivity contribution in [2.75, 3.05) is 6.54 Å². The minimum Gasteiger partial charge on any atom is -0.352 e. The molecule has 1 rings (SSSR count). The third kappa shape index (κ3) is 3.59. The SMILES string of the molecule is CC(C)CCNC(=O)c1cccc(F)c1Br. The second kappa shape index (κ2) is 5.99. The predicted octanol–water partition coefficient (Wildman–Crippen LogP) is 3.36. The van der Waals surface area contributed by atoms with Gasteiger partial charge in [-0.3, -0.25) is 4.79 Å². The van der Waals surface area contributed by atoms with E-state index >= 15 is 0 Å². The van der Waals surface area contributed by atoms with E-state index < -0.39 is 5.82 Å². The molecule has 1 amide bonds. The molecule has 0 bridgehead atoms. The molecular formula is C12H15BrFNO. The molecule has 0 aliphatic heterocycles. The first-order chi connectivity index (χ1) is 7.52. The van der Waals surface area contributed by atoms with Crippen molar-refractivity contribution >= 4 is 21.8 Å². The molecular weight excluding hydrogens is 273 g/mol. The van der Waals surface area contributed by atoms with Gasteiger partial charge in [-0.1, -0.05) is 19.9 Å². The molecule has 0 fully saturated rings. The Bertz CT molecular complexity index is 379. The van der Waals surface area contributed by atoms with E-state index in [-0.39, 0.29) is 10.4 Å². The highest BCUT2D eigenvalue weighted by Crippen LogP contribution is 2.20. The molecule has 16 heavy (non-hydrogen) atoms. The Morgan fingerprint density at radius 2 is 2.19 bits per heavy atom. The third-order valence-electron chi connectivity index (χ3n) is 2.20. The van der Waals surface area contributed by atoms with Crippen LogP contribution in [-0.2, 0) is 0 Å². The molecule has 0 saturated heterocycles. The summed E-state index contributed by atoms with van der Waals surface area (Å²) in [6.45, 7) is 4.79. The molecule has 88 valence electrons. The maximum absolute atomic E-state index is 13.2. The Morgan fingerprint density at radius 1 is 1.50 bits per heavy atom. The van der Waals surface area contributed by atoms with Gasteiger partial charge >= 0.3 is 0 Å². The fourth-order valence-corrected chi connectivity index (χ4v) is 1.69. The molecule has 0 spiro atoms. The lowest BCUT2D eigenvalue weighted by atomic mass is 10.1. The van der Waals surface area contributed by atoms with Crippen LogP contribution in [0.1, 0.15) is 30.6 Å². The number of hydrogen-bond acceptors (Lipinski definition) is 1. The highest BCUT2D eigenvalue weighted by molar-refractivity contribution is 9.10. The molecule has 0 aliphatic rings. The molecule has 1 N–H and O–H groups in total. The fourth-order valence-electron chi connectivity index (χ4n) is 1.25. The van der Waals surface area contributed by atoms with Crippen molar-refractivity contribution in [3.05, 3.63) is 34.1 Å². The summed E-state index contributed by atoms with van der Waals surface area (Å²) in [6.07, 6.45) is 0.915. The van der Waals surface area contributed by atoms with E-state index in [9.17, 15) is 9.18 Å². The molecule has 1 aromatic carbocycles. The van der Waals surface area contributed by atoms with Gasteiger partial charge < -0.3 is 5.32 Å². The Hall–Kier alpha value is -0.900. The lowest BCUT2D eigenvalue weighted by molar-refractivity contribution is 0.0950. The van der Waals surface area contributed by atoms with E-state index in [0.29, 0.717) is 18.0 Å². The summed E-state index contributed by atoms with van der Waals surface area (Å²) in [7, 11) is 0. The number of halogens is 2. The van der Waals surface area contributed by atoms with Crippen molar-refractivity contribution in [2.24, 2.45) is 5.92 Å². The first kappa shape index (κ1) is 13.2. The van der Waals surface area contributed by atoms with Gasteiger partial charge in [-0.05, 0) is 40.4 Å². The molecule has 0 aromatic heterocycles. The van der Waals surface area contributed by atoms with Crippen LogP contribution in [0.5, 0.6) is 0 Å². The van der Waals surface area contributed by atoms with Crippen LogP contribution in [-0.4, -0.2) is 12.5 Å². The summed E-state index contributed by atoms with van der Waals surface area (Å²) < 4.78 is 13.4. The van der Waals surface area contributed by atoms with E-state index in [4.69, 9.17) is 0 Å². The van der Waals surface area contributed by atoms with Crippen LogP contribution in [0, 0.1) is 11.7 Å². The lowest BCUT2D eigenvalue weighted by Gasteiger charge is -2.08. The lowest BCUT2D eigenvalue weighted by Crippen LogP contribution is -2.25. The molecule has 0 heterocycles. The average Bonchev–Trinajstić information content (AvgIpc) is 2.21. The summed E-state index contributed by atoms with van der Waals surface area (Å²) >= 11 is 3.07. The molecule has 0 radical (unpaired) electrons. The number of carbonyl (C=O) groups excluding carboxylic acids is 1. The molecule has 0 aliphatic carbocycles. The minimum atomic E-state index is -0.420. The molecule has 0 saturated carbocycles. The molecule has 2 nitrogen and oxygen atoms in total. The molecule has 4 heteroatoms. The van der Waals surface area contributed by atoms with E-state index in [1.165, 1.54) is 12.1 Å². The molecule has 0 unspecified atom stereocenters. The van der Waals surface area contributed by atoms with Gasteiger partial charge in [0.05, 0.1) is 10.0 Å². The van der Waals surface area contributed by atoms with Gasteiger partial charge in [0.2, 0.25) is 0 Å². The monoisotopic (exact) mass is 287 g/mol. The molecule has 1 aromatic rings. The van der Waals surface area contributed by atoms with Crippen LogP contribution in [0.2, 0.25) is 0 Å². The maximum atomic E-state index is 13.2. The summed E-state index contributed by atoms with van der Waals surface area (Å²) in [5.41, 5.74) is 0.337. The quantitative estimate of drug-likeness (QED) is 0.904. The summed E-state index contributed by atoms with van der Waals surface area (Å²) in [4.78, 5) is 11.7. The zero-order chi connectivity index (χ0) is 12.1. The van der Waals surface area contributed by atoms with Crippen LogP contribution in [0.4, 0.5) is 4.39 Å². The van der Waals surface area contributed by atoms with Crippen LogP contribution in [0.3, 0.4) is 0 Å². The van der Waals surface area contributed by atoms with Crippen LogP contribution >= 0.6 is 15.9 Å². The zero-order valence-corrected chi connectivity index (χ0v) is 11.0. The van der Waals surface area contributed by atoms with Crippen molar-refractivity contribution in [1.29, 1.82) is 0 Å². The smallest absolute Gasteiger partial charge is 0.252 e. The van der Waals surface area contributed by atoms with Crippen molar-refractivity contribution in [3.8, 4) is 0 Å². The fraction of sp³-hybridized carbons (Fsp3) is 0.417. The number of benzene rings is 1. The van der Waals surface area contributed by atoms with Gasteiger partial charge in [0.15, 0.2) is 0 Å². The van der Waals surface area contributed by atoms with Gasteiger partial charge in [0.25, 0.3) is 5.91 Å². The largest absolute Gasteiger partial charge is 0.352 e. The second-order valence-electron chi connectivity index (χ2n) is 4.04. The topological polar surface area (TPSA) is 29.1 Å². The Balaban J connectivity index is 2.63. The third-order valence-corrected chi connectivity index (χ3v) is 3.01. The van der Waals surface area contributed by atoms with Gasteiger partial charge in [0, 0.05) is 6.54 Å². The van der Waals surface area contributed by atoms with E-state index in [0.717, 1.165) is 6.42 Å². The zero-order valence-electron chi connectivity index (χ0n) is 9.39. The van der Waals surface area contributed by atoms with E-state index in [2.05, 4.69) is 35.1 Å². The Morgan fingerprint density at radius 3 is 2.81 bits per heavy atom. The van der Waals surface area contributed by atoms with E-state index in [1.807, 2.05) is 0 Å². The summed E-state index contributed by atoms with van der Waals surface area (Å²) in [5.74, 6) is -0.125. The first-order valence-corrected chi connectivity index (χ1v) is 6.04. The summed E-state index contributed by atoms with van der Waals surface area (Å²) in [5, 5.41) is 2.76. The predicted molar refractivity (Wildman–Crippen MR) is 65.9 cm³/mol. The normalized spacial score (nSPS) is 10.6. The van der Waals surface area contributed by atoms with Crippen LogP contribution < -0.4 is 5.32 Å². The van der Waals surface area contributed by atoms with Gasteiger partial charge in [0.1, 0.15) is 5.82 Å². The number of amides is 1. The van der Waals surface area contributed by atoms with Crippen molar-refractivity contribution in [2.45, 2.75) is 20.3 Å². The van der Waals surface area contributed by atoms with Crippen molar-refractivity contribution in [1.82, 2.24) is 5.32 Å². The first-order valence-electron chi connectivity index (χ1n) is 5.24. The van der Waals surface area contributed by atoms with Crippen LogP contribution in [0.15, 0.2) is 22.7 Å². The number of nitrogens with one attached hydrogen (secondary N) is 1. The van der Waals surface area contributed by atoms with Gasteiger partial charge in [-0.2, -0.15) is 0 Å². The Labute approximate surface area is 103 Å². The highest BCUT2D eigenvalue weighted by atomic mass is 79.9. The highest BCUT2D eigenvalue weighted by Gasteiger charge is 2.12. The average molecular weight is 288 g/mol. The Kier molecular flexibility index (Phi) is 4.93. The number of rotatable bonds is 4. The second-order valence-corrected chi connectivity index (χ2v) is 4.83. The van der Waals surface area contributed by atoms with Gasteiger partial charge in [-0.25, -0.2) is 4.39 Å².